The van der Waals surface area contributed by atoms with Crippen molar-refractivity contribution in [1.29, 1.82) is 0 Å². The number of carbonyl (C=O) groups excluding carboxylic acids is 2. The molecule has 1 spiro atoms. The minimum Gasteiger partial charge on any atom is -0.496 e. The SMILES string of the molecule is CCOc1cc(C(=O)[C@@H]2C(=O)c3cc(-c4ccc(F)c(C(=O)O)c4)ccc3OC23CCNCC3)cc(OC)c1-c1cnn(C)c1. The van der Waals surface area contributed by atoms with Crippen LogP contribution >= 0.6 is 0 Å². The quantitative estimate of drug-likeness (QED) is 0.204. The Morgan fingerprint density at radius 2 is 1.80 bits per heavy atom. The lowest BCUT2D eigenvalue weighted by Gasteiger charge is -2.45. The van der Waals surface area contributed by atoms with Gasteiger partial charge in [0.25, 0.3) is 0 Å². The molecule has 0 amide bonds. The van der Waals surface area contributed by atoms with Gasteiger partial charge in [-0.15, -0.1) is 0 Å². The number of rotatable bonds is 8. The van der Waals surface area contributed by atoms with Crippen LogP contribution in [0.15, 0.2) is 60.9 Å². The largest absolute Gasteiger partial charge is 0.496 e. The molecular formula is C34H32FN3O7. The summed E-state index contributed by atoms with van der Waals surface area (Å²) < 4.78 is 34.1. The third kappa shape index (κ3) is 5.33. The van der Waals surface area contributed by atoms with Gasteiger partial charge in [0.2, 0.25) is 0 Å². The number of ketones is 2. The van der Waals surface area contributed by atoms with Crippen molar-refractivity contribution < 1.29 is 38.1 Å². The van der Waals surface area contributed by atoms with Gasteiger partial charge in [-0.1, -0.05) is 12.1 Å². The monoisotopic (exact) mass is 613 g/mol. The van der Waals surface area contributed by atoms with Crippen LogP contribution in [0.4, 0.5) is 4.39 Å². The van der Waals surface area contributed by atoms with E-state index < -0.39 is 40.4 Å². The molecule has 4 aromatic rings. The lowest BCUT2D eigenvalue weighted by molar-refractivity contribution is -0.0138. The second-order valence-electron chi connectivity index (χ2n) is 11.2. The summed E-state index contributed by atoms with van der Waals surface area (Å²) >= 11 is 0. The molecule has 0 aliphatic carbocycles. The zero-order chi connectivity index (χ0) is 31.9. The normalized spacial score (nSPS) is 17.0. The Balaban J connectivity index is 1.45. The molecule has 10 nitrogen and oxygen atoms in total. The van der Waals surface area contributed by atoms with Gasteiger partial charge in [-0.05, 0) is 67.5 Å². The number of Topliss-reactive ketones (excluding diaryl/α,β-unsaturated/α-hetero) is 2. The Hall–Kier alpha value is -5.03. The van der Waals surface area contributed by atoms with Crippen molar-refractivity contribution in [2.75, 3.05) is 26.8 Å². The van der Waals surface area contributed by atoms with Gasteiger partial charge in [0.1, 0.15) is 34.6 Å². The molecule has 2 N–H and O–H groups in total. The Morgan fingerprint density at radius 3 is 2.47 bits per heavy atom. The summed E-state index contributed by atoms with van der Waals surface area (Å²) in [6.45, 7) is 3.29. The average molecular weight is 614 g/mol. The van der Waals surface area contributed by atoms with E-state index in [9.17, 15) is 23.9 Å². The second-order valence-corrected chi connectivity index (χ2v) is 11.2. The molecule has 0 bridgehead atoms. The number of aromatic carboxylic acids is 1. The molecule has 0 saturated carbocycles. The summed E-state index contributed by atoms with van der Waals surface area (Å²) in [5.41, 5.74) is 1.16. The zero-order valence-corrected chi connectivity index (χ0v) is 25.1. The second kappa shape index (κ2) is 11.8. The average Bonchev–Trinajstić information content (AvgIpc) is 3.46. The van der Waals surface area contributed by atoms with Gasteiger partial charge in [-0.2, -0.15) is 5.10 Å². The molecule has 0 radical (unpaired) electrons. The van der Waals surface area contributed by atoms with E-state index >= 15 is 0 Å². The fraction of sp³-hybridized carbons (Fsp3) is 0.294. The van der Waals surface area contributed by atoms with Crippen LogP contribution in [0.25, 0.3) is 22.3 Å². The molecule has 3 aromatic carbocycles. The third-order valence-corrected chi connectivity index (χ3v) is 8.45. The Morgan fingerprint density at radius 1 is 1.09 bits per heavy atom. The number of ether oxygens (including phenoxy) is 3. The van der Waals surface area contributed by atoms with E-state index in [1.165, 1.54) is 19.2 Å². The first kappa shape index (κ1) is 30.0. The van der Waals surface area contributed by atoms with Gasteiger partial charge >= 0.3 is 5.97 Å². The first-order valence-electron chi connectivity index (χ1n) is 14.6. The number of nitrogens with one attached hydrogen (secondary N) is 1. The third-order valence-electron chi connectivity index (χ3n) is 8.45. The summed E-state index contributed by atoms with van der Waals surface area (Å²) in [4.78, 5) is 40.5. The molecule has 2 aliphatic heterocycles. The molecule has 1 atom stereocenters. The number of methoxy groups -OCH3 is 1. The summed E-state index contributed by atoms with van der Waals surface area (Å²) in [5.74, 6) is -3.11. The highest BCUT2D eigenvalue weighted by molar-refractivity contribution is 6.19. The van der Waals surface area contributed by atoms with Crippen LogP contribution in [0, 0.1) is 11.7 Å². The number of aromatic nitrogens is 2. The number of carbonyl (C=O) groups is 3. The zero-order valence-electron chi connectivity index (χ0n) is 25.1. The van der Waals surface area contributed by atoms with Crippen LogP contribution in [0.1, 0.15) is 50.8 Å². The molecule has 1 fully saturated rings. The standard InChI is InChI=1S/C34H32FN3O7/c1-4-44-28-16-21(15-27(43-3)29(28)22-17-37-38(2)18-22)31(39)30-32(40)24-14-20(19-5-7-25(35)23(13-19)33(41)42)6-8-26(24)45-34(30)9-11-36-12-10-34/h5-8,13-18,30,36H,4,9-12H2,1-3H3,(H,41,42)/t30-/m1/s1. The van der Waals surface area contributed by atoms with Crippen molar-refractivity contribution in [1.82, 2.24) is 15.1 Å². The van der Waals surface area contributed by atoms with Crippen LogP contribution in [0.3, 0.4) is 0 Å². The van der Waals surface area contributed by atoms with Gasteiger partial charge in [0.15, 0.2) is 11.6 Å². The maximum absolute atomic E-state index is 14.5. The highest BCUT2D eigenvalue weighted by atomic mass is 19.1. The van der Waals surface area contributed by atoms with E-state index in [0.717, 1.165) is 11.6 Å². The number of hydrogen-bond acceptors (Lipinski definition) is 8. The molecule has 3 heterocycles. The number of carboxylic acids is 1. The summed E-state index contributed by atoms with van der Waals surface area (Å²) in [6, 6.07) is 11.9. The fourth-order valence-corrected chi connectivity index (χ4v) is 6.29. The molecule has 45 heavy (non-hydrogen) atoms. The van der Waals surface area contributed by atoms with Crippen LogP contribution in [-0.2, 0) is 7.05 Å². The van der Waals surface area contributed by atoms with Crippen molar-refractivity contribution >= 4 is 17.5 Å². The molecule has 2 aliphatic rings. The molecular weight excluding hydrogens is 581 g/mol. The fourth-order valence-electron chi connectivity index (χ4n) is 6.29. The van der Waals surface area contributed by atoms with Crippen molar-refractivity contribution in [3.8, 4) is 39.5 Å². The van der Waals surface area contributed by atoms with Crippen LogP contribution < -0.4 is 19.5 Å². The van der Waals surface area contributed by atoms with Crippen LogP contribution in [-0.4, -0.2) is 64.8 Å². The Kier molecular flexibility index (Phi) is 7.88. The lowest BCUT2D eigenvalue weighted by Crippen LogP contribution is -2.58. The van der Waals surface area contributed by atoms with E-state index in [1.807, 2.05) is 13.1 Å². The molecule has 232 valence electrons. The number of fused-ring (bicyclic) bond motifs is 1. The molecule has 11 heteroatoms. The predicted molar refractivity (Wildman–Crippen MR) is 163 cm³/mol. The molecule has 1 aromatic heterocycles. The highest BCUT2D eigenvalue weighted by Gasteiger charge is 2.54. The summed E-state index contributed by atoms with van der Waals surface area (Å²) in [5, 5.41) is 17.0. The van der Waals surface area contributed by atoms with Gasteiger partial charge in [0.05, 0.1) is 36.6 Å². The van der Waals surface area contributed by atoms with Crippen molar-refractivity contribution in [3.05, 3.63) is 83.4 Å². The number of halogens is 1. The first-order chi connectivity index (χ1) is 21.7. The summed E-state index contributed by atoms with van der Waals surface area (Å²) in [6.07, 6.45) is 4.36. The highest BCUT2D eigenvalue weighted by Crippen LogP contribution is 2.46. The van der Waals surface area contributed by atoms with Gasteiger partial charge in [-0.25, -0.2) is 9.18 Å². The number of aryl methyl sites for hydroxylation is 1. The molecule has 6 rings (SSSR count). The van der Waals surface area contributed by atoms with Crippen LogP contribution in [0.5, 0.6) is 17.2 Å². The van der Waals surface area contributed by atoms with E-state index in [1.54, 1.807) is 48.3 Å². The van der Waals surface area contributed by atoms with Crippen molar-refractivity contribution in [2.24, 2.45) is 13.0 Å². The number of nitrogens with zero attached hydrogens (tertiary/aromatic N) is 2. The van der Waals surface area contributed by atoms with E-state index in [2.05, 4.69) is 10.4 Å². The Bertz CT molecular complexity index is 1830. The smallest absolute Gasteiger partial charge is 0.338 e. The number of benzene rings is 3. The topological polar surface area (TPSA) is 129 Å². The lowest BCUT2D eigenvalue weighted by atomic mass is 9.70. The van der Waals surface area contributed by atoms with Gasteiger partial charge < -0.3 is 24.6 Å². The maximum Gasteiger partial charge on any atom is 0.338 e. The predicted octanol–water partition coefficient (Wildman–Crippen LogP) is 5.20. The van der Waals surface area contributed by atoms with Crippen molar-refractivity contribution in [3.63, 3.8) is 0 Å². The number of hydrogen-bond donors (Lipinski definition) is 2. The number of carboxylic acid groups (broad SMARTS) is 1. The number of piperidine rings is 1. The van der Waals surface area contributed by atoms with Crippen LogP contribution in [0.2, 0.25) is 0 Å². The van der Waals surface area contributed by atoms with E-state index in [-0.39, 0.29) is 11.1 Å². The van der Waals surface area contributed by atoms with Gasteiger partial charge in [0, 0.05) is 37.2 Å². The van der Waals surface area contributed by atoms with Crippen molar-refractivity contribution in [2.45, 2.75) is 25.4 Å². The molecule has 1 saturated heterocycles. The van der Waals surface area contributed by atoms with Gasteiger partial charge in [-0.3, -0.25) is 14.3 Å². The maximum atomic E-state index is 14.5. The first-order valence-corrected chi connectivity index (χ1v) is 14.6. The van der Waals surface area contributed by atoms with E-state index in [4.69, 9.17) is 14.2 Å². The minimum absolute atomic E-state index is 0.195. The summed E-state index contributed by atoms with van der Waals surface area (Å²) in [7, 11) is 3.30. The van der Waals surface area contributed by atoms with E-state index in [0.29, 0.717) is 66.5 Å². The Labute approximate surface area is 258 Å². The minimum atomic E-state index is -1.40. The molecule has 0 unspecified atom stereocenters.